The van der Waals surface area contributed by atoms with Crippen LogP contribution in [0.4, 0.5) is 0 Å². The molecule has 1 aliphatic heterocycles. The first kappa shape index (κ1) is 19.4. The van der Waals surface area contributed by atoms with Crippen molar-refractivity contribution in [2.75, 3.05) is 25.4 Å². The van der Waals surface area contributed by atoms with E-state index in [0.29, 0.717) is 29.9 Å². The summed E-state index contributed by atoms with van der Waals surface area (Å²) in [6.45, 7) is 4.55. The maximum absolute atomic E-state index is 12.5. The lowest BCUT2D eigenvalue weighted by Crippen LogP contribution is -2.24. The molecule has 2 aromatic rings. The van der Waals surface area contributed by atoms with Crippen LogP contribution in [0.25, 0.3) is 0 Å². The van der Waals surface area contributed by atoms with Crippen LogP contribution in [0.5, 0.6) is 0 Å². The summed E-state index contributed by atoms with van der Waals surface area (Å²) in [7, 11) is -3.37. The molecule has 0 unspecified atom stereocenters. The van der Waals surface area contributed by atoms with Crippen molar-refractivity contribution >= 4 is 21.4 Å². The predicted octanol–water partition coefficient (Wildman–Crippen LogP) is 3.31. The number of nitrogens with two attached hydrogens (primary N) is 1. The fraction of sp³-hybridized carbons (Fsp3) is 0.400. The van der Waals surface area contributed by atoms with Crippen LogP contribution in [0.3, 0.4) is 0 Å². The molecule has 6 heteroatoms. The smallest absolute Gasteiger partial charge is 0.179 e. The average Bonchev–Trinajstić information content (AvgIpc) is 3.05. The fourth-order valence-electron chi connectivity index (χ4n) is 3.82. The van der Waals surface area contributed by atoms with Crippen LogP contribution in [-0.2, 0) is 16.4 Å². The van der Waals surface area contributed by atoms with Gasteiger partial charge in [-0.15, -0.1) is 0 Å². The topological polar surface area (TPSA) is 63.4 Å². The van der Waals surface area contributed by atoms with Crippen molar-refractivity contribution in [3.63, 3.8) is 0 Å². The number of sulfone groups is 1. The molecule has 0 bridgehead atoms. The highest BCUT2D eigenvalue weighted by atomic mass is 35.5. The van der Waals surface area contributed by atoms with E-state index in [2.05, 4.69) is 29.2 Å². The van der Waals surface area contributed by atoms with Gasteiger partial charge in [0, 0.05) is 25.6 Å². The Morgan fingerprint density at radius 1 is 1.12 bits per heavy atom. The molecular formula is C20H25ClN2O2S. The van der Waals surface area contributed by atoms with Gasteiger partial charge in [-0.05, 0) is 29.7 Å². The number of likely N-dealkylation sites (tertiary alicyclic amines) is 1. The lowest BCUT2D eigenvalue weighted by atomic mass is 9.89. The predicted molar refractivity (Wildman–Crippen MR) is 106 cm³/mol. The molecule has 0 amide bonds. The molecule has 2 aromatic carbocycles. The van der Waals surface area contributed by atoms with E-state index in [-0.39, 0.29) is 10.6 Å². The molecule has 1 heterocycles. The highest BCUT2D eigenvalue weighted by Gasteiger charge is 2.33. The molecule has 0 spiro atoms. The molecule has 1 fully saturated rings. The second-order valence-corrected chi connectivity index (χ2v) is 9.46. The lowest BCUT2D eigenvalue weighted by Gasteiger charge is -2.19. The van der Waals surface area contributed by atoms with Crippen LogP contribution in [-0.4, -0.2) is 38.7 Å². The molecule has 26 heavy (non-hydrogen) atoms. The summed E-state index contributed by atoms with van der Waals surface area (Å²) < 4.78 is 25.0. The van der Waals surface area contributed by atoms with Gasteiger partial charge in [-0.25, -0.2) is 8.42 Å². The highest BCUT2D eigenvalue weighted by molar-refractivity contribution is 7.91. The van der Waals surface area contributed by atoms with Crippen molar-refractivity contribution in [3.05, 3.63) is 64.7 Å². The largest absolute Gasteiger partial charge is 0.330 e. The molecule has 1 aliphatic rings. The second kappa shape index (κ2) is 8.09. The van der Waals surface area contributed by atoms with Crippen molar-refractivity contribution in [2.45, 2.75) is 24.3 Å². The number of hydrogen-bond donors (Lipinski definition) is 1. The minimum Gasteiger partial charge on any atom is -0.330 e. The van der Waals surface area contributed by atoms with Crippen LogP contribution in [0.15, 0.2) is 53.4 Å². The van der Waals surface area contributed by atoms with E-state index in [0.717, 1.165) is 18.7 Å². The van der Waals surface area contributed by atoms with Crippen molar-refractivity contribution in [3.8, 4) is 0 Å². The molecule has 4 nitrogen and oxygen atoms in total. The van der Waals surface area contributed by atoms with E-state index in [1.807, 2.05) is 18.2 Å². The van der Waals surface area contributed by atoms with Gasteiger partial charge in [-0.3, -0.25) is 4.90 Å². The zero-order chi connectivity index (χ0) is 18.7. The van der Waals surface area contributed by atoms with Crippen molar-refractivity contribution in [2.24, 2.45) is 11.7 Å². The molecule has 0 radical (unpaired) electrons. The highest BCUT2D eigenvalue weighted by Crippen LogP contribution is 2.34. The van der Waals surface area contributed by atoms with Crippen LogP contribution in [0.2, 0.25) is 5.02 Å². The molecule has 3 rings (SSSR count). The lowest BCUT2D eigenvalue weighted by molar-refractivity contribution is 0.314. The zero-order valence-corrected chi connectivity index (χ0v) is 16.5. The molecule has 2 atom stereocenters. The van der Waals surface area contributed by atoms with Crippen LogP contribution in [0.1, 0.15) is 24.0 Å². The Balaban J connectivity index is 1.86. The first-order chi connectivity index (χ1) is 12.5. The van der Waals surface area contributed by atoms with E-state index in [1.54, 1.807) is 13.0 Å². The van der Waals surface area contributed by atoms with Crippen LogP contribution >= 0.6 is 11.6 Å². The Labute approximate surface area is 160 Å². The van der Waals surface area contributed by atoms with Gasteiger partial charge < -0.3 is 5.73 Å². The van der Waals surface area contributed by atoms with Gasteiger partial charge in [0.05, 0.1) is 15.7 Å². The normalized spacial score (nSPS) is 21.2. The summed E-state index contributed by atoms with van der Waals surface area (Å²) >= 11 is 6.24. The number of hydrogen-bond acceptors (Lipinski definition) is 4. The molecule has 140 valence electrons. The van der Waals surface area contributed by atoms with Gasteiger partial charge in [0.25, 0.3) is 0 Å². The number of rotatable bonds is 6. The summed E-state index contributed by atoms with van der Waals surface area (Å²) in [5.41, 5.74) is 8.08. The van der Waals surface area contributed by atoms with Gasteiger partial charge in [0.1, 0.15) is 0 Å². The van der Waals surface area contributed by atoms with Crippen molar-refractivity contribution in [1.29, 1.82) is 0 Å². The van der Waals surface area contributed by atoms with Gasteiger partial charge >= 0.3 is 0 Å². The van der Waals surface area contributed by atoms with Gasteiger partial charge in [0.2, 0.25) is 0 Å². The monoisotopic (exact) mass is 392 g/mol. The van der Waals surface area contributed by atoms with Gasteiger partial charge in [0.15, 0.2) is 9.84 Å². The second-order valence-electron chi connectivity index (χ2n) is 6.84. The maximum Gasteiger partial charge on any atom is 0.179 e. The quantitative estimate of drug-likeness (QED) is 0.819. The molecule has 0 saturated carbocycles. The number of benzene rings is 2. The number of nitrogens with zero attached hydrogens (tertiary/aromatic N) is 1. The first-order valence-corrected chi connectivity index (χ1v) is 11.0. The Kier molecular flexibility index (Phi) is 6.03. The Bertz CT molecular complexity index is 855. The van der Waals surface area contributed by atoms with E-state index >= 15 is 0 Å². The van der Waals surface area contributed by atoms with Crippen molar-refractivity contribution < 1.29 is 8.42 Å². The summed E-state index contributed by atoms with van der Waals surface area (Å²) in [4.78, 5) is 2.56. The van der Waals surface area contributed by atoms with Crippen molar-refractivity contribution in [1.82, 2.24) is 4.90 Å². The van der Waals surface area contributed by atoms with E-state index < -0.39 is 9.84 Å². The first-order valence-electron chi connectivity index (χ1n) is 8.93. The minimum atomic E-state index is -3.37. The maximum atomic E-state index is 12.5. The summed E-state index contributed by atoms with van der Waals surface area (Å²) in [5.74, 6) is 0.774. The van der Waals surface area contributed by atoms with E-state index in [1.165, 1.54) is 5.56 Å². The Morgan fingerprint density at radius 3 is 2.50 bits per heavy atom. The Morgan fingerprint density at radius 2 is 1.85 bits per heavy atom. The third-order valence-electron chi connectivity index (χ3n) is 5.18. The summed E-state index contributed by atoms with van der Waals surface area (Å²) in [5, 5.41) is 0.304. The number of halogens is 1. The van der Waals surface area contributed by atoms with Gasteiger partial charge in [-0.1, -0.05) is 61.0 Å². The summed E-state index contributed by atoms with van der Waals surface area (Å²) in [6.07, 6.45) is 0. The molecular weight excluding hydrogens is 368 g/mol. The zero-order valence-electron chi connectivity index (χ0n) is 14.9. The SMILES string of the molecule is CCS(=O)(=O)c1c(Cl)cccc1CN1C[C@@H](CN)[C@H](c2ccccc2)C1. The Hall–Kier alpha value is -1.40. The molecule has 1 saturated heterocycles. The van der Waals surface area contributed by atoms with E-state index in [9.17, 15) is 8.42 Å². The van der Waals surface area contributed by atoms with Crippen LogP contribution < -0.4 is 5.73 Å². The molecule has 2 N–H and O–H groups in total. The third kappa shape index (κ3) is 3.96. The average molecular weight is 393 g/mol. The van der Waals surface area contributed by atoms with Gasteiger partial charge in [-0.2, -0.15) is 0 Å². The fourth-order valence-corrected chi connectivity index (χ4v) is 5.55. The third-order valence-corrected chi connectivity index (χ3v) is 7.47. The van der Waals surface area contributed by atoms with Crippen LogP contribution in [0, 0.1) is 5.92 Å². The molecule has 0 aliphatic carbocycles. The standard InChI is InChI=1S/C20H25ClN2O2S/c1-2-26(24,25)20-16(9-6-10-19(20)21)12-23-13-17(11-22)18(14-23)15-7-4-3-5-8-15/h3-10,17-18H,2,11-14,22H2,1H3/t17-,18+/m1/s1. The minimum absolute atomic E-state index is 0.0435. The molecule has 0 aromatic heterocycles. The summed E-state index contributed by atoms with van der Waals surface area (Å²) in [6, 6.07) is 15.7. The van der Waals surface area contributed by atoms with E-state index in [4.69, 9.17) is 17.3 Å².